The van der Waals surface area contributed by atoms with E-state index < -0.39 is 0 Å². The minimum atomic E-state index is 0.195. The lowest BCUT2D eigenvalue weighted by atomic mass is 9.89. The van der Waals surface area contributed by atoms with Gasteiger partial charge in [0.2, 0.25) is 0 Å². The van der Waals surface area contributed by atoms with Crippen LogP contribution in [0.4, 0.5) is 5.69 Å². The Labute approximate surface area is 84.3 Å². The molecular formula is C12H16N2. The number of hydrogen-bond donors (Lipinski definition) is 1. The van der Waals surface area contributed by atoms with Crippen molar-refractivity contribution in [2.24, 2.45) is 0 Å². The van der Waals surface area contributed by atoms with E-state index in [1.165, 1.54) is 11.1 Å². The van der Waals surface area contributed by atoms with E-state index >= 15 is 0 Å². The van der Waals surface area contributed by atoms with Crippen LogP contribution in [0.3, 0.4) is 0 Å². The fourth-order valence-electron chi connectivity index (χ4n) is 1.54. The van der Waals surface area contributed by atoms with E-state index in [9.17, 15) is 0 Å². The van der Waals surface area contributed by atoms with E-state index in [-0.39, 0.29) is 5.41 Å². The molecule has 0 aliphatic rings. The van der Waals surface area contributed by atoms with Crippen LogP contribution in [0.25, 0.3) is 5.52 Å². The second kappa shape index (κ2) is 2.77. The summed E-state index contributed by atoms with van der Waals surface area (Å²) in [4.78, 5) is 0. The van der Waals surface area contributed by atoms with E-state index in [4.69, 9.17) is 5.73 Å². The minimum absolute atomic E-state index is 0.195. The Kier molecular flexibility index (Phi) is 1.81. The number of anilines is 1. The normalized spacial score (nSPS) is 12.2. The van der Waals surface area contributed by atoms with Crippen LogP contribution >= 0.6 is 0 Å². The van der Waals surface area contributed by atoms with Crippen LogP contribution in [-0.2, 0) is 5.41 Å². The van der Waals surface area contributed by atoms with E-state index in [1.54, 1.807) is 0 Å². The topological polar surface area (TPSA) is 30.4 Å². The van der Waals surface area contributed by atoms with Gasteiger partial charge in [0.15, 0.2) is 0 Å². The summed E-state index contributed by atoms with van der Waals surface area (Å²) in [7, 11) is 0. The third-order valence-corrected chi connectivity index (χ3v) is 2.48. The highest BCUT2D eigenvalue weighted by Crippen LogP contribution is 2.25. The molecule has 2 heterocycles. The first-order valence-electron chi connectivity index (χ1n) is 4.84. The molecule has 0 amide bonds. The molecule has 0 saturated heterocycles. The standard InChI is InChI=1S/C12H16N2/c1-12(2,3)9-6-11-5-4-10(13)8-14(11)7-9/h4-8H,13H2,1-3H3. The second-order valence-corrected chi connectivity index (χ2v) is 4.77. The number of nitrogens with zero attached hydrogens (tertiary/aromatic N) is 1. The number of aromatic nitrogens is 1. The van der Waals surface area contributed by atoms with Crippen LogP contribution in [0.5, 0.6) is 0 Å². The van der Waals surface area contributed by atoms with Gasteiger partial charge < -0.3 is 10.1 Å². The van der Waals surface area contributed by atoms with Gasteiger partial charge >= 0.3 is 0 Å². The molecular weight excluding hydrogens is 172 g/mol. The molecule has 0 aromatic carbocycles. The largest absolute Gasteiger partial charge is 0.398 e. The zero-order valence-corrected chi connectivity index (χ0v) is 8.91. The van der Waals surface area contributed by atoms with Gasteiger partial charge in [-0.25, -0.2) is 0 Å². The fraction of sp³-hybridized carbons (Fsp3) is 0.333. The molecule has 2 aromatic rings. The van der Waals surface area contributed by atoms with E-state index in [0.717, 1.165) is 5.69 Å². The van der Waals surface area contributed by atoms with Crippen LogP contribution in [0, 0.1) is 0 Å². The van der Waals surface area contributed by atoms with Crippen LogP contribution < -0.4 is 5.73 Å². The Balaban J connectivity index is 2.63. The van der Waals surface area contributed by atoms with Gasteiger partial charge in [-0.15, -0.1) is 0 Å². The van der Waals surface area contributed by atoms with Gasteiger partial charge in [0.25, 0.3) is 0 Å². The highest BCUT2D eigenvalue weighted by molar-refractivity contribution is 5.56. The summed E-state index contributed by atoms with van der Waals surface area (Å²) in [5, 5.41) is 0. The van der Waals surface area contributed by atoms with Crippen molar-refractivity contribution in [2.75, 3.05) is 5.73 Å². The van der Waals surface area contributed by atoms with Gasteiger partial charge in [-0.2, -0.15) is 0 Å². The van der Waals surface area contributed by atoms with E-state index in [2.05, 4.69) is 37.4 Å². The highest BCUT2D eigenvalue weighted by Gasteiger charge is 2.15. The molecule has 14 heavy (non-hydrogen) atoms. The second-order valence-electron chi connectivity index (χ2n) is 4.77. The molecule has 2 rings (SSSR count). The summed E-state index contributed by atoms with van der Waals surface area (Å²) < 4.78 is 2.08. The van der Waals surface area contributed by atoms with Crippen LogP contribution in [0.2, 0.25) is 0 Å². The summed E-state index contributed by atoms with van der Waals surface area (Å²) in [6.45, 7) is 6.64. The molecule has 0 radical (unpaired) electrons. The zero-order valence-electron chi connectivity index (χ0n) is 8.91. The average molecular weight is 188 g/mol. The van der Waals surface area contributed by atoms with Crippen molar-refractivity contribution in [3.63, 3.8) is 0 Å². The first-order chi connectivity index (χ1) is 6.47. The average Bonchev–Trinajstić information content (AvgIpc) is 2.45. The molecule has 0 aliphatic carbocycles. The lowest BCUT2D eigenvalue weighted by Crippen LogP contribution is -2.09. The fourth-order valence-corrected chi connectivity index (χ4v) is 1.54. The Bertz CT molecular complexity index is 461. The van der Waals surface area contributed by atoms with Crippen molar-refractivity contribution >= 4 is 11.2 Å². The van der Waals surface area contributed by atoms with E-state index in [1.807, 2.05) is 18.3 Å². The number of nitrogens with two attached hydrogens (primary N) is 1. The molecule has 0 atom stereocenters. The molecule has 0 unspecified atom stereocenters. The summed E-state index contributed by atoms with van der Waals surface area (Å²) in [6.07, 6.45) is 4.09. The molecule has 0 aliphatic heterocycles. The van der Waals surface area contributed by atoms with Crippen molar-refractivity contribution in [1.82, 2.24) is 4.40 Å². The number of hydrogen-bond acceptors (Lipinski definition) is 1. The molecule has 0 fully saturated rings. The first kappa shape index (κ1) is 9.13. The van der Waals surface area contributed by atoms with Gasteiger partial charge in [-0.1, -0.05) is 20.8 Å². The Morgan fingerprint density at radius 1 is 1.14 bits per heavy atom. The Morgan fingerprint density at radius 2 is 1.86 bits per heavy atom. The Hall–Kier alpha value is -1.44. The third kappa shape index (κ3) is 1.48. The molecule has 2 aromatic heterocycles. The molecule has 0 saturated carbocycles. The van der Waals surface area contributed by atoms with Crippen molar-refractivity contribution in [3.8, 4) is 0 Å². The van der Waals surface area contributed by atoms with Gasteiger partial charge in [-0.3, -0.25) is 0 Å². The quantitative estimate of drug-likeness (QED) is 0.677. The minimum Gasteiger partial charge on any atom is -0.398 e. The predicted molar refractivity (Wildman–Crippen MR) is 60.5 cm³/mol. The van der Waals surface area contributed by atoms with Gasteiger partial charge in [0, 0.05) is 23.6 Å². The van der Waals surface area contributed by atoms with Gasteiger partial charge in [0.1, 0.15) is 0 Å². The highest BCUT2D eigenvalue weighted by atomic mass is 14.9. The maximum absolute atomic E-state index is 5.72. The van der Waals surface area contributed by atoms with Crippen LogP contribution in [0.15, 0.2) is 30.6 Å². The molecule has 2 N–H and O–H groups in total. The van der Waals surface area contributed by atoms with Crippen molar-refractivity contribution in [3.05, 3.63) is 36.2 Å². The lowest BCUT2D eigenvalue weighted by Gasteiger charge is -2.15. The summed E-state index contributed by atoms with van der Waals surface area (Å²) in [5.41, 5.74) is 9.25. The van der Waals surface area contributed by atoms with Crippen molar-refractivity contribution in [2.45, 2.75) is 26.2 Å². The van der Waals surface area contributed by atoms with E-state index in [0.29, 0.717) is 0 Å². The third-order valence-electron chi connectivity index (χ3n) is 2.48. The maximum atomic E-state index is 5.72. The molecule has 0 bridgehead atoms. The number of nitrogen functional groups attached to an aromatic ring is 1. The zero-order chi connectivity index (χ0) is 10.3. The number of rotatable bonds is 0. The molecule has 2 heteroatoms. The molecule has 2 nitrogen and oxygen atoms in total. The number of pyridine rings is 1. The molecule has 0 spiro atoms. The summed E-state index contributed by atoms with van der Waals surface area (Å²) >= 11 is 0. The predicted octanol–water partition coefficient (Wildman–Crippen LogP) is 2.82. The van der Waals surface area contributed by atoms with Gasteiger partial charge in [-0.05, 0) is 29.2 Å². The lowest BCUT2D eigenvalue weighted by molar-refractivity contribution is 0.590. The number of fused-ring (bicyclic) bond motifs is 1. The monoisotopic (exact) mass is 188 g/mol. The van der Waals surface area contributed by atoms with Crippen molar-refractivity contribution < 1.29 is 0 Å². The maximum Gasteiger partial charge on any atom is 0.0483 e. The summed E-state index contributed by atoms with van der Waals surface area (Å²) in [6, 6.07) is 6.19. The first-order valence-corrected chi connectivity index (χ1v) is 4.84. The SMILES string of the molecule is CC(C)(C)c1cc2ccc(N)cn2c1. The van der Waals surface area contributed by atoms with Crippen LogP contribution in [0.1, 0.15) is 26.3 Å². The van der Waals surface area contributed by atoms with Crippen molar-refractivity contribution in [1.29, 1.82) is 0 Å². The van der Waals surface area contributed by atoms with Gasteiger partial charge in [0.05, 0.1) is 0 Å². The Morgan fingerprint density at radius 3 is 2.50 bits per heavy atom. The molecule has 74 valence electrons. The summed E-state index contributed by atoms with van der Waals surface area (Å²) in [5.74, 6) is 0. The van der Waals surface area contributed by atoms with Crippen LogP contribution in [-0.4, -0.2) is 4.40 Å². The smallest absolute Gasteiger partial charge is 0.0483 e.